The Labute approximate surface area is 240 Å². The number of urea groups is 1. The minimum atomic E-state index is -0.935. The molecule has 4 N–H and O–H groups in total. The highest BCUT2D eigenvalue weighted by Gasteiger charge is 2.23. The summed E-state index contributed by atoms with van der Waals surface area (Å²) in [6.45, 7) is 0. The van der Waals surface area contributed by atoms with Crippen molar-refractivity contribution in [2.24, 2.45) is 0 Å². The van der Waals surface area contributed by atoms with Crippen molar-refractivity contribution in [3.8, 4) is 16.9 Å². The molecule has 0 aliphatic carbocycles. The first kappa shape index (κ1) is 28.4. The highest BCUT2D eigenvalue weighted by molar-refractivity contribution is 6.44. The number of aromatic hydroxyl groups is 1. The van der Waals surface area contributed by atoms with Crippen LogP contribution in [-0.2, 0) is 16.0 Å². The molecule has 1 aromatic heterocycles. The van der Waals surface area contributed by atoms with E-state index in [-0.39, 0.29) is 22.9 Å². The number of aromatic nitrogens is 1. The number of hydrogen-bond acceptors (Lipinski definition) is 6. The minimum Gasteiger partial charge on any atom is -0.508 e. The summed E-state index contributed by atoms with van der Waals surface area (Å²) in [6.07, 6.45) is 1.72. The molecule has 0 spiro atoms. The van der Waals surface area contributed by atoms with Crippen LogP contribution in [0, 0.1) is 0 Å². The number of carbonyl (C=O) groups is 3. The van der Waals surface area contributed by atoms with Crippen LogP contribution < -0.4 is 16.0 Å². The fourth-order valence-electron chi connectivity index (χ4n) is 3.77. The Bertz CT molecular complexity index is 1510. The molecule has 3 aromatic carbocycles. The van der Waals surface area contributed by atoms with E-state index in [9.17, 15) is 19.5 Å². The summed E-state index contributed by atoms with van der Waals surface area (Å²) in [5, 5.41) is 18.1. The van der Waals surface area contributed by atoms with Gasteiger partial charge in [-0.2, -0.15) is 0 Å². The second kappa shape index (κ2) is 13.0. The Kier molecular flexibility index (Phi) is 9.21. The SMILES string of the molecule is COC(=O)C(Cc1ccc(O)cc1)NC(=O)c1ccc(-c2ccc(NC(=O)Nc3cccc(Cl)c3Cl)cc2)cn1. The predicted molar refractivity (Wildman–Crippen MR) is 154 cm³/mol. The zero-order valence-electron chi connectivity index (χ0n) is 21.2. The van der Waals surface area contributed by atoms with Gasteiger partial charge in [-0.1, -0.05) is 59.6 Å². The number of carbonyl (C=O) groups excluding carboxylic acids is 3. The topological polar surface area (TPSA) is 130 Å². The summed E-state index contributed by atoms with van der Waals surface area (Å²) < 4.78 is 4.83. The van der Waals surface area contributed by atoms with Crippen molar-refractivity contribution in [2.75, 3.05) is 17.7 Å². The number of amides is 3. The van der Waals surface area contributed by atoms with Gasteiger partial charge in [0, 0.05) is 23.9 Å². The van der Waals surface area contributed by atoms with E-state index in [0.717, 1.165) is 16.7 Å². The lowest BCUT2D eigenvalue weighted by atomic mass is 10.1. The van der Waals surface area contributed by atoms with Gasteiger partial charge in [0.25, 0.3) is 5.91 Å². The van der Waals surface area contributed by atoms with Gasteiger partial charge in [-0.15, -0.1) is 0 Å². The molecule has 1 heterocycles. The number of methoxy groups -OCH3 is 1. The van der Waals surface area contributed by atoms with Crippen LogP contribution in [0.3, 0.4) is 0 Å². The van der Waals surface area contributed by atoms with Crippen molar-refractivity contribution in [3.05, 3.63) is 106 Å². The van der Waals surface area contributed by atoms with Crippen LogP contribution in [0.25, 0.3) is 11.1 Å². The number of hydrogen-bond donors (Lipinski definition) is 4. The molecule has 0 aliphatic rings. The van der Waals surface area contributed by atoms with Gasteiger partial charge in [-0.3, -0.25) is 9.78 Å². The first-order valence-corrected chi connectivity index (χ1v) is 12.7. The number of nitrogens with one attached hydrogen (secondary N) is 3. The third-order valence-electron chi connectivity index (χ3n) is 5.84. The van der Waals surface area contributed by atoms with E-state index in [1.807, 2.05) is 0 Å². The molecule has 0 saturated heterocycles. The summed E-state index contributed by atoms with van der Waals surface area (Å²) in [4.78, 5) is 41.6. The van der Waals surface area contributed by atoms with E-state index in [2.05, 4.69) is 20.9 Å². The highest BCUT2D eigenvalue weighted by Crippen LogP contribution is 2.29. The maximum atomic E-state index is 12.8. The van der Waals surface area contributed by atoms with Crippen LogP contribution in [0.2, 0.25) is 10.0 Å². The lowest BCUT2D eigenvalue weighted by Crippen LogP contribution is -2.43. The van der Waals surface area contributed by atoms with Crippen molar-refractivity contribution in [3.63, 3.8) is 0 Å². The molecule has 4 aromatic rings. The molecular formula is C29H24Cl2N4O5. The largest absolute Gasteiger partial charge is 0.508 e. The van der Waals surface area contributed by atoms with Gasteiger partial charge in [0.05, 0.1) is 22.8 Å². The third kappa shape index (κ3) is 7.28. The molecular weight excluding hydrogens is 555 g/mol. The van der Waals surface area contributed by atoms with E-state index in [1.54, 1.807) is 72.9 Å². The monoisotopic (exact) mass is 578 g/mol. The lowest BCUT2D eigenvalue weighted by Gasteiger charge is -2.16. The number of ether oxygens (including phenoxy) is 1. The molecule has 0 radical (unpaired) electrons. The number of benzene rings is 3. The molecule has 0 aliphatic heterocycles. The first-order chi connectivity index (χ1) is 19.2. The number of phenols is 1. The summed E-state index contributed by atoms with van der Waals surface area (Å²) in [5.41, 5.74) is 3.34. The Balaban J connectivity index is 1.37. The van der Waals surface area contributed by atoms with Crippen LogP contribution in [0.1, 0.15) is 16.1 Å². The average molecular weight is 579 g/mol. The average Bonchev–Trinajstić information content (AvgIpc) is 2.96. The molecule has 1 atom stereocenters. The van der Waals surface area contributed by atoms with E-state index in [4.69, 9.17) is 27.9 Å². The Morgan fingerprint density at radius 1 is 0.900 bits per heavy atom. The molecule has 4 rings (SSSR count). The second-order valence-electron chi connectivity index (χ2n) is 8.61. The number of pyridine rings is 1. The maximum absolute atomic E-state index is 12.8. The number of halogens is 2. The highest BCUT2D eigenvalue weighted by atomic mass is 35.5. The van der Waals surface area contributed by atoms with Crippen molar-refractivity contribution >= 4 is 52.5 Å². The molecule has 11 heteroatoms. The predicted octanol–water partition coefficient (Wildman–Crippen LogP) is 5.92. The Hall–Kier alpha value is -4.60. The zero-order valence-corrected chi connectivity index (χ0v) is 22.7. The second-order valence-corrected chi connectivity index (χ2v) is 9.39. The van der Waals surface area contributed by atoms with Crippen molar-refractivity contribution in [1.29, 1.82) is 0 Å². The molecule has 40 heavy (non-hydrogen) atoms. The summed E-state index contributed by atoms with van der Waals surface area (Å²) in [7, 11) is 1.24. The van der Waals surface area contributed by atoms with Gasteiger partial charge in [-0.05, 0) is 53.6 Å². The Morgan fingerprint density at radius 2 is 1.60 bits per heavy atom. The van der Waals surface area contributed by atoms with Gasteiger partial charge >= 0.3 is 12.0 Å². The van der Waals surface area contributed by atoms with Crippen molar-refractivity contribution in [2.45, 2.75) is 12.5 Å². The van der Waals surface area contributed by atoms with Gasteiger partial charge in [-0.25, -0.2) is 9.59 Å². The summed E-state index contributed by atoms with van der Waals surface area (Å²) in [5.74, 6) is -1.04. The lowest BCUT2D eigenvalue weighted by molar-refractivity contribution is -0.142. The van der Waals surface area contributed by atoms with E-state index in [0.29, 0.717) is 16.4 Å². The minimum absolute atomic E-state index is 0.0993. The number of esters is 1. The summed E-state index contributed by atoms with van der Waals surface area (Å²) in [6, 6.07) is 20.2. The van der Waals surface area contributed by atoms with Gasteiger partial charge in [0.1, 0.15) is 17.5 Å². The van der Waals surface area contributed by atoms with E-state index in [1.165, 1.54) is 19.2 Å². The molecule has 204 valence electrons. The van der Waals surface area contributed by atoms with E-state index >= 15 is 0 Å². The smallest absolute Gasteiger partial charge is 0.328 e. The maximum Gasteiger partial charge on any atom is 0.328 e. The van der Waals surface area contributed by atoms with Crippen LogP contribution in [-0.4, -0.2) is 41.1 Å². The van der Waals surface area contributed by atoms with Gasteiger partial charge in [0.15, 0.2) is 0 Å². The molecule has 3 amide bonds. The first-order valence-electron chi connectivity index (χ1n) is 12.0. The number of rotatable bonds is 8. The molecule has 1 unspecified atom stereocenters. The van der Waals surface area contributed by atoms with E-state index < -0.39 is 23.9 Å². The van der Waals surface area contributed by atoms with Gasteiger partial charge < -0.3 is 25.8 Å². The number of phenolic OH excluding ortho intramolecular Hbond substituents is 1. The quantitative estimate of drug-likeness (QED) is 0.192. The Morgan fingerprint density at radius 3 is 2.25 bits per heavy atom. The van der Waals surface area contributed by atoms with Crippen molar-refractivity contribution < 1.29 is 24.2 Å². The fourth-order valence-corrected chi connectivity index (χ4v) is 4.11. The number of anilines is 2. The zero-order chi connectivity index (χ0) is 28.6. The van der Waals surface area contributed by atoms with Crippen LogP contribution in [0.4, 0.5) is 16.2 Å². The summed E-state index contributed by atoms with van der Waals surface area (Å²) >= 11 is 12.1. The van der Waals surface area contributed by atoms with Crippen LogP contribution in [0.5, 0.6) is 5.75 Å². The van der Waals surface area contributed by atoms with Crippen LogP contribution >= 0.6 is 23.2 Å². The molecule has 0 fully saturated rings. The molecule has 0 saturated carbocycles. The van der Waals surface area contributed by atoms with Crippen molar-refractivity contribution in [1.82, 2.24) is 10.3 Å². The number of nitrogens with zero attached hydrogens (tertiary/aromatic N) is 1. The standard InChI is InChI=1S/C29H24Cl2N4O5/c1-40-28(38)25(15-17-5-12-21(36)13-6-17)34-27(37)24-14-9-19(16-32-24)18-7-10-20(11-8-18)33-29(39)35-23-4-2-3-22(30)26(23)31/h2-14,16,25,36H,15H2,1H3,(H,34,37)(H2,33,35,39). The fraction of sp³-hybridized carbons (Fsp3) is 0.103. The van der Waals surface area contributed by atoms with Gasteiger partial charge in [0.2, 0.25) is 0 Å². The van der Waals surface area contributed by atoms with Crippen LogP contribution in [0.15, 0.2) is 85.1 Å². The third-order valence-corrected chi connectivity index (χ3v) is 6.66. The normalized spacial score (nSPS) is 11.3. The molecule has 0 bridgehead atoms. The molecule has 9 nitrogen and oxygen atoms in total.